The van der Waals surface area contributed by atoms with E-state index in [9.17, 15) is 9.59 Å². The van der Waals surface area contributed by atoms with Crippen molar-refractivity contribution in [2.75, 3.05) is 33.3 Å². The van der Waals surface area contributed by atoms with Crippen LogP contribution in [-0.4, -0.2) is 64.7 Å². The molecule has 0 aliphatic carbocycles. The van der Waals surface area contributed by atoms with Gasteiger partial charge in [-0.05, 0) is 31.6 Å². The molecule has 7 nitrogen and oxygen atoms in total. The summed E-state index contributed by atoms with van der Waals surface area (Å²) < 4.78 is 6.77. The quantitative estimate of drug-likeness (QED) is 0.831. The van der Waals surface area contributed by atoms with Gasteiger partial charge in [-0.1, -0.05) is 6.92 Å². The Labute approximate surface area is 148 Å². The maximum Gasteiger partial charge on any atom is 0.260 e. The van der Waals surface area contributed by atoms with E-state index < -0.39 is 0 Å². The van der Waals surface area contributed by atoms with Gasteiger partial charge >= 0.3 is 0 Å². The van der Waals surface area contributed by atoms with Gasteiger partial charge in [0.25, 0.3) is 5.91 Å². The van der Waals surface area contributed by atoms with Crippen molar-refractivity contribution in [1.82, 2.24) is 19.6 Å². The Kier molecular flexibility index (Phi) is 5.30. The van der Waals surface area contributed by atoms with E-state index in [-0.39, 0.29) is 17.7 Å². The van der Waals surface area contributed by atoms with Crippen LogP contribution in [0.4, 0.5) is 0 Å². The first-order chi connectivity index (χ1) is 12.0. The second kappa shape index (κ2) is 7.45. The Bertz CT molecular complexity index is 634. The number of piperidine rings is 2. The highest BCUT2D eigenvalue weighted by Crippen LogP contribution is 2.25. The molecule has 1 aromatic rings. The van der Waals surface area contributed by atoms with Gasteiger partial charge in [-0.15, -0.1) is 5.10 Å². The lowest BCUT2D eigenvalue weighted by atomic mass is 9.92. The zero-order valence-electron chi connectivity index (χ0n) is 15.4. The molecule has 2 amide bonds. The number of hydrogen-bond acceptors (Lipinski definition) is 4. The SMILES string of the molecule is COc1nn(C)cc1C(=O)N1CCC(C(=O)N2CCC[C@@H](C)C2)CC1. The topological polar surface area (TPSA) is 67.7 Å². The molecule has 2 fully saturated rings. The van der Waals surface area contributed by atoms with Crippen LogP contribution in [-0.2, 0) is 11.8 Å². The third kappa shape index (κ3) is 3.80. The van der Waals surface area contributed by atoms with Crippen molar-refractivity contribution in [2.45, 2.75) is 32.6 Å². The molecule has 0 saturated carbocycles. The standard InChI is InChI=1S/C18H28N4O3/c1-13-5-4-8-22(11-13)17(23)14-6-9-21(10-7-14)18(24)15-12-20(2)19-16(15)25-3/h12-14H,4-11H2,1-3H3/t13-/m1/s1. The lowest BCUT2D eigenvalue weighted by Gasteiger charge is -2.37. The van der Waals surface area contributed by atoms with Crippen LogP contribution in [0.25, 0.3) is 0 Å². The number of aromatic nitrogens is 2. The van der Waals surface area contributed by atoms with Crippen molar-refractivity contribution in [3.05, 3.63) is 11.8 Å². The molecule has 0 N–H and O–H groups in total. The van der Waals surface area contributed by atoms with Crippen LogP contribution in [0.3, 0.4) is 0 Å². The van der Waals surface area contributed by atoms with Gasteiger partial charge in [0.2, 0.25) is 11.8 Å². The zero-order chi connectivity index (χ0) is 18.0. The Morgan fingerprint density at radius 3 is 2.52 bits per heavy atom. The molecule has 3 rings (SSSR count). The molecule has 2 aliphatic rings. The Hall–Kier alpha value is -2.05. The van der Waals surface area contributed by atoms with Crippen molar-refractivity contribution >= 4 is 11.8 Å². The van der Waals surface area contributed by atoms with Crippen molar-refractivity contribution in [1.29, 1.82) is 0 Å². The Morgan fingerprint density at radius 2 is 1.88 bits per heavy atom. The fraction of sp³-hybridized carbons (Fsp3) is 0.722. The number of nitrogens with zero attached hydrogens (tertiary/aromatic N) is 4. The van der Waals surface area contributed by atoms with E-state index >= 15 is 0 Å². The van der Waals surface area contributed by atoms with Crippen LogP contribution in [0.15, 0.2) is 6.20 Å². The van der Waals surface area contributed by atoms with Gasteiger partial charge in [-0.25, -0.2) is 0 Å². The molecule has 2 aliphatic heterocycles. The second-order valence-corrected chi connectivity index (χ2v) is 7.32. The summed E-state index contributed by atoms with van der Waals surface area (Å²) in [5.74, 6) is 1.20. The molecule has 0 spiro atoms. The molecule has 3 heterocycles. The molecule has 0 unspecified atom stereocenters. The van der Waals surface area contributed by atoms with Gasteiger partial charge in [0.1, 0.15) is 5.56 Å². The lowest BCUT2D eigenvalue weighted by molar-refractivity contribution is -0.138. The fourth-order valence-corrected chi connectivity index (χ4v) is 3.91. The maximum atomic E-state index is 12.7. The van der Waals surface area contributed by atoms with E-state index in [0.29, 0.717) is 30.5 Å². The molecular weight excluding hydrogens is 320 g/mol. The van der Waals surface area contributed by atoms with Crippen LogP contribution in [0.1, 0.15) is 43.0 Å². The monoisotopic (exact) mass is 348 g/mol. The average molecular weight is 348 g/mol. The van der Waals surface area contributed by atoms with Gasteiger partial charge in [-0.2, -0.15) is 0 Å². The number of hydrogen-bond donors (Lipinski definition) is 0. The number of aryl methyl sites for hydroxylation is 1. The minimum atomic E-state index is -0.0672. The average Bonchev–Trinajstić information content (AvgIpc) is 3.01. The molecule has 1 aromatic heterocycles. The summed E-state index contributed by atoms with van der Waals surface area (Å²) in [4.78, 5) is 29.3. The van der Waals surface area contributed by atoms with E-state index in [1.165, 1.54) is 13.5 Å². The van der Waals surface area contributed by atoms with Crippen LogP contribution < -0.4 is 4.74 Å². The predicted molar refractivity (Wildman–Crippen MR) is 93.4 cm³/mol. The van der Waals surface area contributed by atoms with Crippen molar-refractivity contribution in [2.24, 2.45) is 18.9 Å². The number of likely N-dealkylation sites (tertiary alicyclic amines) is 2. The Morgan fingerprint density at radius 1 is 1.16 bits per heavy atom. The number of amides is 2. The molecule has 2 saturated heterocycles. The van der Waals surface area contributed by atoms with Crippen LogP contribution >= 0.6 is 0 Å². The number of methoxy groups -OCH3 is 1. The van der Waals surface area contributed by atoms with Gasteiger partial charge in [0.15, 0.2) is 0 Å². The number of rotatable bonds is 3. The molecular formula is C18H28N4O3. The molecule has 138 valence electrons. The summed E-state index contributed by atoms with van der Waals surface area (Å²) in [6.07, 6.45) is 5.47. The van der Waals surface area contributed by atoms with Crippen molar-refractivity contribution in [3.8, 4) is 5.88 Å². The van der Waals surface area contributed by atoms with Crippen LogP contribution in [0.2, 0.25) is 0 Å². The first-order valence-electron chi connectivity index (χ1n) is 9.15. The van der Waals surface area contributed by atoms with Crippen molar-refractivity contribution in [3.63, 3.8) is 0 Å². The first kappa shape index (κ1) is 17.8. The van der Waals surface area contributed by atoms with Gasteiger partial charge in [0.05, 0.1) is 7.11 Å². The second-order valence-electron chi connectivity index (χ2n) is 7.32. The zero-order valence-corrected chi connectivity index (χ0v) is 15.4. The summed E-state index contributed by atoms with van der Waals surface area (Å²) in [6, 6.07) is 0. The summed E-state index contributed by atoms with van der Waals surface area (Å²) in [5, 5.41) is 4.14. The summed E-state index contributed by atoms with van der Waals surface area (Å²) in [5.41, 5.74) is 0.486. The first-order valence-corrected chi connectivity index (χ1v) is 9.15. The minimum absolute atomic E-state index is 0.0464. The molecule has 0 radical (unpaired) electrons. The molecule has 1 atom stereocenters. The maximum absolute atomic E-state index is 12.7. The van der Waals surface area contributed by atoms with E-state index in [4.69, 9.17) is 4.74 Å². The highest BCUT2D eigenvalue weighted by Gasteiger charge is 2.33. The van der Waals surface area contributed by atoms with Crippen molar-refractivity contribution < 1.29 is 14.3 Å². The van der Waals surface area contributed by atoms with Gasteiger partial charge in [-0.3, -0.25) is 14.3 Å². The molecule has 25 heavy (non-hydrogen) atoms. The van der Waals surface area contributed by atoms with E-state index in [0.717, 1.165) is 32.4 Å². The largest absolute Gasteiger partial charge is 0.479 e. The smallest absolute Gasteiger partial charge is 0.260 e. The van der Waals surface area contributed by atoms with Gasteiger partial charge in [0, 0.05) is 45.3 Å². The van der Waals surface area contributed by atoms with Gasteiger partial charge < -0.3 is 14.5 Å². The number of carbonyl (C=O) groups is 2. The molecule has 7 heteroatoms. The number of carbonyl (C=O) groups excluding carboxylic acids is 2. The highest BCUT2D eigenvalue weighted by molar-refractivity contribution is 5.96. The normalized spacial score (nSPS) is 22.1. The molecule has 0 bridgehead atoms. The third-order valence-electron chi connectivity index (χ3n) is 5.32. The minimum Gasteiger partial charge on any atom is -0.479 e. The highest BCUT2D eigenvalue weighted by atomic mass is 16.5. The Balaban J connectivity index is 1.58. The summed E-state index contributed by atoms with van der Waals surface area (Å²) >= 11 is 0. The predicted octanol–water partition coefficient (Wildman–Crippen LogP) is 1.54. The molecule has 0 aromatic carbocycles. The van der Waals surface area contributed by atoms with E-state index in [1.807, 2.05) is 9.80 Å². The third-order valence-corrected chi connectivity index (χ3v) is 5.32. The van der Waals surface area contributed by atoms with E-state index in [1.54, 1.807) is 17.9 Å². The number of ether oxygens (including phenoxy) is 1. The summed E-state index contributed by atoms with van der Waals surface area (Å²) in [6.45, 7) is 5.19. The van der Waals surface area contributed by atoms with Crippen LogP contribution in [0.5, 0.6) is 5.88 Å². The van der Waals surface area contributed by atoms with E-state index in [2.05, 4.69) is 12.0 Å². The lowest BCUT2D eigenvalue weighted by Crippen LogP contribution is -2.47. The summed E-state index contributed by atoms with van der Waals surface area (Å²) in [7, 11) is 3.29. The van der Waals surface area contributed by atoms with Crippen LogP contribution in [0, 0.1) is 11.8 Å². The fourth-order valence-electron chi connectivity index (χ4n) is 3.91.